The molecule has 1 aromatic heterocycles. The summed E-state index contributed by atoms with van der Waals surface area (Å²) in [6, 6.07) is 6.30. The number of aromatic nitrogens is 2. The van der Waals surface area contributed by atoms with Crippen molar-refractivity contribution in [1.29, 1.82) is 0 Å². The van der Waals surface area contributed by atoms with Crippen LogP contribution in [0.2, 0.25) is 5.02 Å². The highest BCUT2D eigenvalue weighted by molar-refractivity contribution is 7.09. The number of aryl methyl sites for hydroxylation is 1. The maximum absolute atomic E-state index is 10.2. The molecule has 0 unspecified atom stereocenters. The minimum Gasteiger partial charge on any atom is -0.394 e. The zero-order chi connectivity index (χ0) is 13.8. The van der Waals surface area contributed by atoms with E-state index >= 15 is 0 Å². The monoisotopic (exact) mass is 299 g/mol. The van der Waals surface area contributed by atoms with Gasteiger partial charge in [0.2, 0.25) is 5.13 Å². The SMILES string of the molecule is Cc1nsc(N[C@H](CO)[C@H](O)c2ccc(Cl)cc2)n1. The normalized spacial score (nSPS) is 14.1. The van der Waals surface area contributed by atoms with Crippen molar-refractivity contribution in [2.75, 3.05) is 11.9 Å². The van der Waals surface area contributed by atoms with Crippen molar-refractivity contribution in [3.63, 3.8) is 0 Å². The molecule has 0 aliphatic carbocycles. The van der Waals surface area contributed by atoms with Crippen molar-refractivity contribution >= 4 is 28.3 Å². The highest BCUT2D eigenvalue weighted by Crippen LogP contribution is 2.22. The largest absolute Gasteiger partial charge is 0.394 e. The lowest BCUT2D eigenvalue weighted by atomic mass is 10.0. The Bertz CT molecular complexity index is 532. The van der Waals surface area contributed by atoms with E-state index in [1.165, 1.54) is 11.5 Å². The van der Waals surface area contributed by atoms with Gasteiger partial charge in [0.05, 0.1) is 12.6 Å². The Morgan fingerprint density at radius 2 is 2.05 bits per heavy atom. The minimum atomic E-state index is -0.855. The molecule has 0 saturated heterocycles. The van der Waals surface area contributed by atoms with Gasteiger partial charge in [-0.25, -0.2) is 4.98 Å². The van der Waals surface area contributed by atoms with Gasteiger partial charge < -0.3 is 15.5 Å². The van der Waals surface area contributed by atoms with Crippen LogP contribution in [0.3, 0.4) is 0 Å². The lowest BCUT2D eigenvalue weighted by Crippen LogP contribution is -2.31. The predicted octanol–water partition coefficient (Wildman–Crippen LogP) is 2.01. The van der Waals surface area contributed by atoms with Gasteiger partial charge in [-0.15, -0.1) is 0 Å². The number of nitrogens with one attached hydrogen (secondary N) is 1. The third-order valence-corrected chi connectivity index (χ3v) is 3.62. The second-order valence-corrected chi connectivity index (χ2v) is 5.26. The molecule has 0 aliphatic heterocycles. The number of benzene rings is 1. The van der Waals surface area contributed by atoms with Crippen molar-refractivity contribution in [2.24, 2.45) is 0 Å². The molecule has 2 aromatic rings. The second kappa shape index (κ2) is 6.29. The zero-order valence-electron chi connectivity index (χ0n) is 10.2. The Morgan fingerprint density at radius 1 is 1.37 bits per heavy atom. The van der Waals surface area contributed by atoms with Crippen LogP contribution in [0.1, 0.15) is 17.5 Å². The fourth-order valence-electron chi connectivity index (χ4n) is 1.63. The average Bonchev–Trinajstić information content (AvgIpc) is 2.81. The number of anilines is 1. The van der Waals surface area contributed by atoms with Crippen molar-refractivity contribution in [3.8, 4) is 0 Å². The molecule has 0 saturated carbocycles. The molecule has 7 heteroatoms. The highest BCUT2D eigenvalue weighted by Gasteiger charge is 2.21. The van der Waals surface area contributed by atoms with E-state index in [1.807, 2.05) is 0 Å². The maximum Gasteiger partial charge on any atom is 0.202 e. The van der Waals surface area contributed by atoms with E-state index in [9.17, 15) is 10.2 Å². The molecule has 0 spiro atoms. The third kappa shape index (κ3) is 3.63. The van der Waals surface area contributed by atoms with Crippen LogP contribution in [0, 0.1) is 6.92 Å². The summed E-state index contributed by atoms with van der Waals surface area (Å²) in [5, 5.41) is 23.8. The van der Waals surface area contributed by atoms with Crippen LogP contribution in [-0.4, -0.2) is 32.2 Å². The molecule has 5 nitrogen and oxygen atoms in total. The van der Waals surface area contributed by atoms with Crippen molar-refractivity contribution in [2.45, 2.75) is 19.1 Å². The fraction of sp³-hybridized carbons (Fsp3) is 0.333. The molecule has 19 heavy (non-hydrogen) atoms. The first-order valence-corrected chi connectivity index (χ1v) is 6.86. The van der Waals surface area contributed by atoms with Crippen LogP contribution in [0.15, 0.2) is 24.3 Å². The van der Waals surface area contributed by atoms with Crippen LogP contribution in [-0.2, 0) is 0 Å². The smallest absolute Gasteiger partial charge is 0.202 e. The first-order valence-electron chi connectivity index (χ1n) is 5.71. The third-order valence-electron chi connectivity index (χ3n) is 2.63. The molecule has 2 rings (SSSR count). The summed E-state index contributed by atoms with van der Waals surface area (Å²) in [4.78, 5) is 4.14. The standard InChI is InChI=1S/C12H14ClN3O2S/c1-7-14-12(19-16-7)15-10(6-17)11(18)8-2-4-9(13)5-3-8/h2-5,10-11,17-18H,6H2,1H3,(H,14,15,16)/t10-,11-/m1/s1. The molecule has 2 atom stereocenters. The van der Waals surface area contributed by atoms with E-state index in [4.69, 9.17) is 11.6 Å². The molecule has 0 radical (unpaired) electrons. The number of rotatable bonds is 5. The van der Waals surface area contributed by atoms with E-state index in [0.717, 1.165) is 0 Å². The van der Waals surface area contributed by atoms with Crippen molar-refractivity contribution < 1.29 is 10.2 Å². The van der Waals surface area contributed by atoms with E-state index in [-0.39, 0.29) is 6.61 Å². The number of nitrogens with zero attached hydrogens (tertiary/aromatic N) is 2. The van der Waals surface area contributed by atoms with Gasteiger partial charge in [0, 0.05) is 16.6 Å². The summed E-state index contributed by atoms with van der Waals surface area (Å²) in [5.74, 6) is 0.658. The number of aliphatic hydroxyl groups excluding tert-OH is 2. The zero-order valence-corrected chi connectivity index (χ0v) is 11.8. The van der Waals surface area contributed by atoms with Crippen LogP contribution in [0.25, 0.3) is 0 Å². The lowest BCUT2D eigenvalue weighted by Gasteiger charge is -2.22. The summed E-state index contributed by atoms with van der Waals surface area (Å²) in [5.41, 5.74) is 0.678. The molecular weight excluding hydrogens is 286 g/mol. The lowest BCUT2D eigenvalue weighted by molar-refractivity contribution is 0.118. The van der Waals surface area contributed by atoms with Crippen LogP contribution >= 0.6 is 23.1 Å². The topological polar surface area (TPSA) is 78.3 Å². The van der Waals surface area contributed by atoms with E-state index < -0.39 is 12.1 Å². The maximum atomic E-state index is 10.2. The first kappa shape index (κ1) is 14.2. The molecule has 3 N–H and O–H groups in total. The number of aliphatic hydroxyl groups is 2. The van der Waals surface area contributed by atoms with Crippen LogP contribution in [0.4, 0.5) is 5.13 Å². The minimum absolute atomic E-state index is 0.220. The van der Waals surface area contributed by atoms with Gasteiger partial charge in [-0.05, 0) is 24.6 Å². The molecule has 1 aromatic carbocycles. The number of hydrogen-bond donors (Lipinski definition) is 3. The number of hydrogen-bond acceptors (Lipinski definition) is 6. The highest BCUT2D eigenvalue weighted by atomic mass is 35.5. The Morgan fingerprint density at radius 3 is 2.58 bits per heavy atom. The Balaban J connectivity index is 2.10. The Kier molecular flexibility index (Phi) is 4.71. The summed E-state index contributed by atoms with van der Waals surface area (Å²) in [6.07, 6.45) is -0.855. The quantitative estimate of drug-likeness (QED) is 0.787. The van der Waals surface area contributed by atoms with Gasteiger partial charge in [-0.1, -0.05) is 23.7 Å². The van der Waals surface area contributed by atoms with Gasteiger partial charge in [0.15, 0.2) is 0 Å². The molecule has 1 heterocycles. The van der Waals surface area contributed by atoms with Crippen LogP contribution in [0.5, 0.6) is 0 Å². The van der Waals surface area contributed by atoms with Gasteiger partial charge in [-0.3, -0.25) is 0 Å². The molecule has 0 aliphatic rings. The molecular formula is C12H14ClN3O2S. The second-order valence-electron chi connectivity index (χ2n) is 4.08. The summed E-state index contributed by atoms with van der Waals surface area (Å²) >= 11 is 6.99. The molecule has 102 valence electrons. The van der Waals surface area contributed by atoms with Gasteiger partial charge in [-0.2, -0.15) is 4.37 Å². The van der Waals surface area contributed by atoms with Crippen molar-refractivity contribution in [1.82, 2.24) is 9.36 Å². The average molecular weight is 300 g/mol. The molecule has 0 fully saturated rings. The van der Waals surface area contributed by atoms with E-state index in [2.05, 4.69) is 14.7 Å². The van der Waals surface area contributed by atoms with Crippen molar-refractivity contribution in [3.05, 3.63) is 40.7 Å². The van der Waals surface area contributed by atoms with Gasteiger partial charge in [0.1, 0.15) is 11.9 Å². The summed E-state index contributed by atoms with van der Waals surface area (Å²) in [6.45, 7) is 1.56. The predicted molar refractivity (Wildman–Crippen MR) is 75.6 cm³/mol. The van der Waals surface area contributed by atoms with Gasteiger partial charge >= 0.3 is 0 Å². The number of halogens is 1. The Labute approximate surface area is 120 Å². The van der Waals surface area contributed by atoms with Crippen LogP contribution < -0.4 is 5.32 Å². The van der Waals surface area contributed by atoms with E-state index in [0.29, 0.717) is 21.5 Å². The fourth-order valence-corrected chi connectivity index (χ4v) is 2.39. The van der Waals surface area contributed by atoms with E-state index in [1.54, 1.807) is 31.2 Å². The first-order chi connectivity index (χ1) is 9.10. The summed E-state index contributed by atoms with van der Waals surface area (Å²) < 4.78 is 4.03. The molecule has 0 bridgehead atoms. The molecule has 0 amide bonds. The van der Waals surface area contributed by atoms with Gasteiger partial charge in [0.25, 0.3) is 0 Å². The Hall–Kier alpha value is -1.21. The summed E-state index contributed by atoms with van der Waals surface area (Å²) in [7, 11) is 0.